The first-order valence-electron chi connectivity index (χ1n) is 4.15. The number of hydrogen-bond donors (Lipinski definition) is 0. The lowest BCUT2D eigenvalue weighted by Crippen LogP contribution is -2.11. The fraction of sp³-hybridized carbons (Fsp3) is 0.400. The van der Waals surface area contributed by atoms with Crippen LogP contribution in [0.25, 0.3) is 0 Å². The summed E-state index contributed by atoms with van der Waals surface area (Å²) >= 11 is 1.65. The van der Waals surface area contributed by atoms with Gasteiger partial charge < -0.3 is 0 Å². The summed E-state index contributed by atoms with van der Waals surface area (Å²) in [6.07, 6.45) is -2.99. The average molecular weight is 220 g/mol. The zero-order valence-corrected chi connectivity index (χ0v) is 8.58. The van der Waals surface area contributed by atoms with Crippen molar-refractivity contribution in [3.63, 3.8) is 0 Å². The smallest absolute Gasteiger partial charge is 0.171 e. The van der Waals surface area contributed by atoms with E-state index in [9.17, 15) is 13.2 Å². The Morgan fingerprint density at radius 2 is 1.57 bits per heavy atom. The third-order valence-corrected chi connectivity index (χ3v) is 2.36. The molecule has 0 aliphatic carbocycles. The largest absolute Gasteiger partial charge is 0.393 e. The summed E-state index contributed by atoms with van der Waals surface area (Å²) in [6, 6.07) is 6.58. The minimum atomic E-state index is -4.11. The summed E-state index contributed by atoms with van der Waals surface area (Å²) in [4.78, 5) is 0. The van der Waals surface area contributed by atoms with E-state index in [1.165, 1.54) is 0 Å². The van der Waals surface area contributed by atoms with Crippen LogP contribution in [-0.4, -0.2) is 12.4 Å². The SMILES string of the molecule is CSCc1ccc(CC(F)(F)F)cc1. The molecule has 1 aromatic rings. The third kappa shape index (κ3) is 4.05. The molecule has 0 bridgehead atoms. The maximum atomic E-state index is 12.0. The van der Waals surface area contributed by atoms with Crippen molar-refractivity contribution in [1.82, 2.24) is 0 Å². The lowest BCUT2D eigenvalue weighted by atomic mass is 10.1. The predicted octanol–water partition coefficient (Wildman–Crippen LogP) is 3.65. The molecule has 0 spiro atoms. The quantitative estimate of drug-likeness (QED) is 0.749. The standard InChI is InChI=1S/C10H11F3S/c1-14-7-9-4-2-8(3-5-9)6-10(11,12)13/h2-5H,6-7H2,1H3. The molecule has 4 heteroatoms. The van der Waals surface area contributed by atoms with E-state index in [0.717, 1.165) is 11.3 Å². The zero-order chi connectivity index (χ0) is 10.6. The topological polar surface area (TPSA) is 0 Å². The first-order valence-corrected chi connectivity index (χ1v) is 5.54. The van der Waals surface area contributed by atoms with Crippen LogP contribution in [0.3, 0.4) is 0 Å². The molecule has 1 aromatic carbocycles. The van der Waals surface area contributed by atoms with Gasteiger partial charge in [-0.1, -0.05) is 24.3 Å². The molecule has 0 aromatic heterocycles. The highest BCUT2D eigenvalue weighted by Crippen LogP contribution is 2.21. The van der Waals surface area contributed by atoms with Crippen LogP contribution in [0, 0.1) is 0 Å². The van der Waals surface area contributed by atoms with Gasteiger partial charge in [0.15, 0.2) is 0 Å². The van der Waals surface area contributed by atoms with Crippen molar-refractivity contribution in [2.24, 2.45) is 0 Å². The Labute approximate surface area is 85.5 Å². The summed E-state index contributed by atoms with van der Waals surface area (Å²) in [5, 5.41) is 0. The molecule has 0 radical (unpaired) electrons. The number of rotatable bonds is 3. The summed E-state index contributed by atoms with van der Waals surface area (Å²) < 4.78 is 36.0. The van der Waals surface area contributed by atoms with Gasteiger partial charge in [-0.15, -0.1) is 0 Å². The van der Waals surface area contributed by atoms with Crippen LogP contribution in [0.5, 0.6) is 0 Å². The van der Waals surface area contributed by atoms with E-state index in [-0.39, 0.29) is 0 Å². The number of alkyl halides is 3. The van der Waals surface area contributed by atoms with E-state index in [1.807, 2.05) is 6.26 Å². The van der Waals surface area contributed by atoms with Gasteiger partial charge in [0.1, 0.15) is 0 Å². The second-order valence-electron chi connectivity index (χ2n) is 3.04. The summed E-state index contributed by atoms with van der Waals surface area (Å²) in [7, 11) is 0. The maximum absolute atomic E-state index is 12.0. The lowest BCUT2D eigenvalue weighted by Gasteiger charge is -2.06. The number of hydrogen-bond acceptors (Lipinski definition) is 1. The maximum Gasteiger partial charge on any atom is 0.393 e. The second kappa shape index (κ2) is 4.73. The molecule has 0 heterocycles. The van der Waals surface area contributed by atoms with Crippen LogP contribution < -0.4 is 0 Å². The van der Waals surface area contributed by atoms with Gasteiger partial charge in [0.05, 0.1) is 6.42 Å². The van der Waals surface area contributed by atoms with Gasteiger partial charge in [-0.3, -0.25) is 0 Å². The first-order chi connectivity index (χ1) is 6.51. The molecule has 0 aliphatic rings. The fourth-order valence-electron chi connectivity index (χ4n) is 1.15. The van der Waals surface area contributed by atoms with E-state index in [2.05, 4.69) is 0 Å². The van der Waals surface area contributed by atoms with Crippen molar-refractivity contribution in [3.05, 3.63) is 35.4 Å². The Morgan fingerprint density at radius 3 is 2.00 bits per heavy atom. The van der Waals surface area contributed by atoms with Crippen molar-refractivity contribution >= 4 is 11.8 Å². The lowest BCUT2D eigenvalue weighted by molar-refractivity contribution is -0.127. The molecule has 0 aliphatic heterocycles. The highest BCUT2D eigenvalue weighted by molar-refractivity contribution is 7.97. The fourth-order valence-corrected chi connectivity index (χ4v) is 1.68. The van der Waals surface area contributed by atoms with Gasteiger partial charge >= 0.3 is 6.18 Å². The molecule has 0 N–H and O–H groups in total. The number of thioether (sulfide) groups is 1. The Morgan fingerprint density at radius 1 is 1.07 bits per heavy atom. The molecule has 0 saturated heterocycles. The van der Waals surface area contributed by atoms with Crippen LogP contribution in [0.2, 0.25) is 0 Å². The van der Waals surface area contributed by atoms with Crippen LogP contribution >= 0.6 is 11.8 Å². The van der Waals surface area contributed by atoms with E-state index in [4.69, 9.17) is 0 Å². The highest BCUT2D eigenvalue weighted by Gasteiger charge is 2.27. The Balaban J connectivity index is 2.64. The van der Waals surface area contributed by atoms with Crippen LogP contribution in [0.1, 0.15) is 11.1 Å². The van der Waals surface area contributed by atoms with Crippen LogP contribution in [0.4, 0.5) is 13.2 Å². The summed E-state index contributed by atoms with van der Waals surface area (Å²) in [5.41, 5.74) is 1.38. The molecule has 0 fully saturated rings. The van der Waals surface area contributed by atoms with Gasteiger partial charge in [-0.05, 0) is 17.4 Å². The van der Waals surface area contributed by atoms with E-state index in [0.29, 0.717) is 5.56 Å². The van der Waals surface area contributed by atoms with Crippen molar-refractivity contribution in [3.8, 4) is 0 Å². The monoisotopic (exact) mass is 220 g/mol. The van der Waals surface area contributed by atoms with Crippen molar-refractivity contribution < 1.29 is 13.2 Å². The minimum Gasteiger partial charge on any atom is -0.171 e. The Hall–Kier alpha value is -0.640. The van der Waals surface area contributed by atoms with Crippen molar-refractivity contribution in [2.75, 3.05) is 6.26 Å². The summed E-state index contributed by atoms with van der Waals surface area (Å²) in [6.45, 7) is 0. The van der Waals surface area contributed by atoms with Crippen molar-refractivity contribution in [2.45, 2.75) is 18.3 Å². The van der Waals surface area contributed by atoms with E-state index >= 15 is 0 Å². The molecule has 78 valence electrons. The van der Waals surface area contributed by atoms with Gasteiger partial charge in [0.25, 0.3) is 0 Å². The zero-order valence-electron chi connectivity index (χ0n) is 7.77. The molecule has 1 rings (SSSR count). The normalized spacial score (nSPS) is 11.7. The Kier molecular flexibility index (Phi) is 3.86. The number of halogens is 3. The second-order valence-corrected chi connectivity index (χ2v) is 3.91. The first kappa shape index (κ1) is 11.4. The molecular formula is C10H11F3S. The van der Waals surface area contributed by atoms with Gasteiger partial charge in [-0.25, -0.2) is 0 Å². The Bertz CT molecular complexity index is 276. The molecule has 0 saturated carbocycles. The van der Waals surface area contributed by atoms with Crippen LogP contribution in [-0.2, 0) is 12.2 Å². The third-order valence-electron chi connectivity index (χ3n) is 1.74. The molecule has 0 amide bonds. The van der Waals surface area contributed by atoms with E-state index in [1.54, 1.807) is 36.0 Å². The van der Waals surface area contributed by atoms with Gasteiger partial charge in [-0.2, -0.15) is 24.9 Å². The van der Waals surface area contributed by atoms with Crippen LogP contribution in [0.15, 0.2) is 24.3 Å². The van der Waals surface area contributed by atoms with Gasteiger partial charge in [0.2, 0.25) is 0 Å². The average Bonchev–Trinajstić information content (AvgIpc) is 2.06. The molecule has 14 heavy (non-hydrogen) atoms. The molecule has 0 unspecified atom stereocenters. The van der Waals surface area contributed by atoms with Crippen molar-refractivity contribution in [1.29, 1.82) is 0 Å². The number of benzene rings is 1. The molecule has 0 nitrogen and oxygen atoms in total. The molecule has 0 atom stereocenters. The molecular weight excluding hydrogens is 209 g/mol. The van der Waals surface area contributed by atoms with Gasteiger partial charge in [0, 0.05) is 5.75 Å². The highest BCUT2D eigenvalue weighted by atomic mass is 32.2. The summed E-state index contributed by atoms with van der Waals surface area (Å²) in [5.74, 6) is 0.840. The predicted molar refractivity (Wildman–Crippen MR) is 53.4 cm³/mol. The van der Waals surface area contributed by atoms with E-state index < -0.39 is 12.6 Å². The minimum absolute atomic E-state index is 0.322.